The molecule has 1 amide bonds. The van der Waals surface area contributed by atoms with Gasteiger partial charge in [0.15, 0.2) is 17.0 Å². The van der Waals surface area contributed by atoms with Gasteiger partial charge >= 0.3 is 0 Å². The zero-order chi connectivity index (χ0) is 18.3. The molecule has 0 aliphatic carbocycles. The van der Waals surface area contributed by atoms with Crippen LogP contribution in [0.3, 0.4) is 0 Å². The van der Waals surface area contributed by atoms with E-state index in [0.717, 1.165) is 25.8 Å². The van der Waals surface area contributed by atoms with Gasteiger partial charge in [0.25, 0.3) is 5.91 Å². The Labute approximate surface area is 163 Å². The van der Waals surface area contributed by atoms with Crippen LogP contribution in [0.25, 0.3) is 21.7 Å². The third kappa shape index (κ3) is 3.33. The molecule has 0 unspecified atom stereocenters. The zero-order valence-corrected chi connectivity index (χ0v) is 16.5. The van der Waals surface area contributed by atoms with Crippen LogP contribution < -0.4 is 10.7 Å². The second-order valence-electron chi connectivity index (χ2n) is 5.40. The predicted molar refractivity (Wildman–Crippen MR) is 106 cm³/mol. The fourth-order valence-electron chi connectivity index (χ4n) is 2.33. The minimum absolute atomic E-state index is 0.0754. The molecule has 0 radical (unpaired) electrons. The van der Waals surface area contributed by atoms with Crippen LogP contribution in [0.2, 0.25) is 0 Å². The Morgan fingerprint density at radius 3 is 2.85 bits per heavy atom. The lowest BCUT2D eigenvalue weighted by Crippen LogP contribution is -2.14. The fraction of sp³-hybridized carbons (Fsp3) is 0.0588. The van der Waals surface area contributed by atoms with E-state index >= 15 is 0 Å². The molecule has 3 heterocycles. The van der Waals surface area contributed by atoms with Crippen molar-refractivity contribution in [3.8, 4) is 10.7 Å². The molecule has 1 aromatic carbocycles. The number of aromatic nitrogens is 2. The van der Waals surface area contributed by atoms with Gasteiger partial charge in [0.1, 0.15) is 5.58 Å². The van der Waals surface area contributed by atoms with Gasteiger partial charge in [-0.2, -0.15) is 9.36 Å². The zero-order valence-electron chi connectivity index (χ0n) is 13.3. The molecule has 6 nitrogen and oxygen atoms in total. The lowest BCUT2D eigenvalue weighted by molar-refractivity contribution is 0.0997. The van der Waals surface area contributed by atoms with Crippen molar-refractivity contribution in [1.29, 1.82) is 0 Å². The molecule has 0 aliphatic heterocycles. The van der Waals surface area contributed by atoms with Gasteiger partial charge in [0.05, 0.1) is 10.3 Å². The molecule has 4 rings (SSSR count). The first kappa shape index (κ1) is 17.1. The van der Waals surface area contributed by atoms with E-state index in [2.05, 4.69) is 30.6 Å². The Balaban J connectivity index is 1.61. The molecule has 1 N–H and O–H groups in total. The number of amides is 1. The quantitative estimate of drug-likeness (QED) is 0.491. The molecule has 0 aliphatic rings. The lowest BCUT2D eigenvalue weighted by Gasteiger charge is -2.03. The van der Waals surface area contributed by atoms with Crippen molar-refractivity contribution in [3.63, 3.8) is 0 Å². The monoisotopic (exact) mass is 447 g/mol. The Bertz CT molecular complexity index is 1200. The van der Waals surface area contributed by atoms with Gasteiger partial charge in [-0.3, -0.25) is 14.9 Å². The first-order valence-electron chi connectivity index (χ1n) is 7.45. The highest BCUT2D eigenvalue weighted by atomic mass is 79.9. The van der Waals surface area contributed by atoms with Crippen molar-refractivity contribution in [1.82, 2.24) is 9.36 Å². The third-order valence-electron chi connectivity index (χ3n) is 3.52. The molecule has 0 saturated heterocycles. The van der Waals surface area contributed by atoms with Crippen molar-refractivity contribution < 1.29 is 9.21 Å². The molecule has 130 valence electrons. The number of anilines is 1. The molecule has 9 heteroatoms. The lowest BCUT2D eigenvalue weighted by atomic mass is 10.2. The van der Waals surface area contributed by atoms with Gasteiger partial charge in [0.2, 0.25) is 5.13 Å². The summed E-state index contributed by atoms with van der Waals surface area (Å²) in [6.45, 7) is 2.00. The Kier molecular flexibility index (Phi) is 4.43. The average Bonchev–Trinajstić information content (AvgIpc) is 3.24. The van der Waals surface area contributed by atoms with E-state index in [1.165, 1.54) is 6.07 Å². The summed E-state index contributed by atoms with van der Waals surface area (Å²) in [6.07, 6.45) is 0. The normalized spacial score (nSPS) is 11.0. The van der Waals surface area contributed by atoms with Gasteiger partial charge in [0, 0.05) is 26.9 Å². The molecule has 0 atom stereocenters. The number of rotatable bonds is 3. The van der Waals surface area contributed by atoms with Gasteiger partial charge in [-0.15, -0.1) is 11.3 Å². The van der Waals surface area contributed by atoms with Crippen molar-refractivity contribution in [3.05, 3.63) is 61.7 Å². The van der Waals surface area contributed by atoms with Gasteiger partial charge in [-0.1, -0.05) is 15.9 Å². The molecule has 0 bridgehead atoms. The van der Waals surface area contributed by atoms with E-state index in [1.807, 2.05) is 19.1 Å². The summed E-state index contributed by atoms with van der Waals surface area (Å²) in [7, 11) is 0. The molecular weight excluding hydrogens is 438 g/mol. The summed E-state index contributed by atoms with van der Waals surface area (Å²) in [6, 6.07) is 10.1. The van der Waals surface area contributed by atoms with Crippen LogP contribution in [-0.2, 0) is 0 Å². The number of thiophene rings is 1. The highest BCUT2D eigenvalue weighted by molar-refractivity contribution is 9.10. The van der Waals surface area contributed by atoms with Gasteiger partial charge in [-0.05, 0) is 37.3 Å². The van der Waals surface area contributed by atoms with E-state index in [0.29, 0.717) is 21.9 Å². The van der Waals surface area contributed by atoms with Crippen LogP contribution in [0.15, 0.2) is 50.1 Å². The van der Waals surface area contributed by atoms with Crippen LogP contribution in [0.1, 0.15) is 15.4 Å². The van der Waals surface area contributed by atoms with E-state index in [9.17, 15) is 9.59 Å². The second-order valence-corrected chi connectivity index (χ2v) is 8.36. The summed E-state index contributed by atoms with van der Waals surface area (Å²) < 4.78 is 10.6. The van der Waals surface area contributed by atoms with E-state index in [4.69, 9.17) is 4.42 Å². The summed E-state index contributed by atoms with van der Waals surface area (Å²) >= 11 is 5.96. The van der Waals surface area contributed by atoms with Crippen LogP contribution in [-0.4, -0.2) is 15.3 Å². The van der Waals surface area contributed by atoms with E-state index in [-0.39, 0.29) is 11.2 Å². The topological polar surface area (TPSA) is 85.1 Å². The highest BCUT2D eigenvalue weighted by Gasteiger charge is 2.16. The maximum absolute atomic E-state index is 12.4. The Morgan fingerprint density at radius 2 is 2.08 bits per heavy atom. The minimum atomic E-state index is -0.544. The van der Waals surface area contributed by atoms with Crippen molar-refractivity contribution >= 4 is 60.8 Å². The van der Waals surface area contributed by atoms with E-state index < -0.39 is 5.91 Å². The average molecular weight is 448 g/mol. The Hall–Kier alpha value is -2.36. The maximum Gasteiger partial charge on any atom is 0.293 e. The third-order valence-corrected chi connectivity index (χ3v) is 5.64. The van der Waals surface area contributed by atoms with Crippen molar-refractivity contribution in [2.24, 2.45) is 0 Å². The number of nitrogens with one attached hydrogen (secondary N) is 1. The number of nitrogens with zero attached hydrogens (tertiary/aromatic N) is 2. The van der Waals surface area contributed by atoms with Crippen LogP contribution in [0, 0.1) is 6.92 Å². The summed E-state index contributed by atoms with van der Waals surface area (Å²) in [5, 5.41) is 3.37. The standard InChI is InChI=1S/C17H10BrN3O3S2/c1-8-2-5-14(25-8)15-19-17(26-21-15)20-16(23)13-7-11(22)10-6-9(18)3-4-12(10)24-13/h2-7H,1H3,(H,19,20,21,23). The number of hydrogen-bond donors (Lipinski definition) is 1. The summed E-state index contributed by atoms with van der Waals surface area (Å²) in [5.41, 5.74) is 0.0579. The van der Waals surface area contributed by atoms with Gasteiger partial charge < -0.3 is 4.42 Å². The minimum Gasteiger partial charge on any atom is -0.451 e. The van der Waals surface area contributed by atoms with Crippen molar-refractivity contribution in [2.75, 3.05) is 5.32 Å². The molecule has 4 aromatic rings. The number of halogens is 1. The first-order valence-corrected chi connectivity index (χ1v) is 9.83. The second kappa shape index (κ2) is 6.75. The van der Waals surface area contributed by atoms with Crippen LogP contribution in [0.5, 0.6) is 0 Å². The summed E-state index contributed by atoms with van der Waals surface area (Å²) in [5.74, 6) is -0.0567. The van der Waals surface area contributed by atoms with Gasteiger partial charge in [-0.25, -0.2) is 0 Å². The number of aryl methyl sites for hydroxylation is 1. The van der Waals surface area contributed by atoms with Crippen LogP contribution in [0.4, 0.5) is 5.13 Å². The first-order chi connectivity index (χ1) is 12.5. The van der Waals surface area contributed by atoms with Crippen molar-refractivity contribution in [2.45, 2.75) is 6.92 Å². The number of carbonyl (C=O) groups excluding carboxylic acids is 1. The fourth-order valence-corrected chi connectivity index (χ4v) is 4.13. The Morgan fingerprint density at radius 1 is 1.23 bits per heavy atom. The number of fused-ring (bicyclic) bond motifs is 1. The molecule has 0 spiro atoms. The maximum atomic E-state index is 12.4. The number of hydrogen-bond acceptors (Lipinski definition) is 7. The van der Waals surface area contributed by atoms with E-state index in [1.54, 1.807) is 29.5 Å². The largest absolute Gasteiger partial charge is 0.451 e. The number of benzene rings is 1. The molecule has 0 fully saturated rings. The molecule has 0 saturated carbocycles. The number of carbonyl (C=O) groups is 1. The molecular formula is C17H10BrN3O3S2. The highest BCUT2D eigenvalue weighted by Crippen LogP contribution is 2.28. The SMILES string of the molecule is Cc1ccc(-c2nsc(NC(=O)c3cc(=O)c4cc(Br)ccc4o3)n2)s1. The summed E-state index contributed by atoms with van der Waals surface area (Å²) in [4.78, 5) is 31.0. The molecule has 3 aromatic heterocycles. The predicted octanol–water partition coefficient (Wildman–Crippen LogP) is 4.70. The van der Waals surface area contributed by atoms with Crippen LogP contribution >= 0.6 is 38.8 Å². The molecule has 26 heavy (non-hydrogen) atoms. The smallest absolute Gasteiger partial charge is 0.293 e.